The molecule has 0 heterocycles. The molecule has 154 valence electrons. The average molecular weight is 409 g/mol. The van der Waals surface area contributed by atoms with Crippen LogP contribution in [0.3, 0.4) is 0 Å². The molecule has 3 aromatic carbocycles. The second kappa shape index (κ2) is 8.44. The topological polar surface area (TPSA) is 139 Å². The van der Waals surface area contributed by atoms with Crippen molar-refractivity contribution in [1.29, 1.82) is 0 Å². The first-order valence-corrected chi connectivity index (χ1v) is 8.90. The molecule has 0 spiro atoms. The van der Waals surface area contributed by atoms with Crippen LogP contribution in [-0.2, 0) is 9.59 Å². The van der Waals surface area contributed by atoms with E-state index < -0.39 is 24.0 Å². The summed E-state index contributed by atoms with van der Waals surface area (Å²) in [5.74, 6) is -3.98. The summed E-state index contributed by atoms with van der Waals surface area (Å²) in [6.07, 6.45) is 0. The van der Waals surface area contributed by atoms with E-state index in [4.69, 9.17) is 0 Å². The molecule has 30 heavy (non-hydrogen) atoms. The van der Waals surface area contributed by atoms with Gasteiger partial charge in [-0.25, -0.2) is 9.59 Å². The highest BCUT2D eigenvalue weighted by Crippen LogP contribution is 2.43. The molecule has 0 aliphatic heterocycles. The molecule has 0 aliphatic rings. The number of para-hydroxylation sites is 4. The van der Waals surface area contributed by atoms with Crippen molar-refractivity contribution in [2.24, 2.45) is 0 Å². The van der Waals surface area contributed by atoms with Gasteiger partial charge in [0, 0.05) is 11.1 Å². The molecule has 2 atom stereocenters. The lowest BCUT2D eigenvalue weighted by atomic mass is 9.96. The number of hydrogen-bond acceptors (Lipinski definition) is 6. The summed E-state index contributed by atoms with van der Waals surface area (Å²) in [7, 11) is 0. The molecule has 8 heteroatoms. The molecule has 3 aromatic rings. The Bertz CT molecular complexity index is 1020. The zero-order valence-electron chi connectivity index (χ0n) is 15.6. The van der Waals surface area contributed by atoms with Gasteiger partial charge in [-0.3, -0.25) is 0 Å². The van der Waals surface area contributed by atoms with Crippen LogP contribution in [0.2, 0.25) is 0 Å². The molecule has 0 aliphatic carbocycles. The van der Waals surface area contributed by atoms with Gasteiger partial charge in [-0.05, 0) is 24.3 Å². The van der Waals surface area contributed by atoms with Gasteiger partial charge in [0.1, 0.15) is 17.2 Å². The smallest absolute Gasteiger partial charge is 0.331 e. The molecular weight excluding hydrogens is 390 g/mol. The third-order valence-electron chi connectivity index (χ3n) is 4.65. The van der Waals surface area contributed by atoms with Gasteiger partial charge in [0.25, 0.3) is 0 Å². The summed E-state index contributed by atoms with van der Waals surface area (Å²) < 4.78 is 0. The van der Waals surface area contributed by atoms with Crippen molar-refractivity contribution in [3.63, 3.8) is 0 Å². The Kier molecular flexibility index (Phi) is 5.78. The van der Waals surface area contributed by atoms with Crippen LogP contribution < -0.4 is 4.90 Å². The first kappa shape index (κ1) is 20.5. The SMILES string of the molecule is O=C(O)C(c1ccccc1O)N(c1ccccc1O)C(C(=O)O)c1ccccc1O. The summed E-state index contributed by atoms with van der Waals surface area (Å²) in [6, 6.07) is 13.5. The third-order valence-corrected chi connectivity index (χ3v) is 4.65. The van der Waals surface area contributed by atoms with E-state index in [0.717, 1.165) is 4.90 Å². The van der Waals surface area contributed by atoms with Gasteiger partial charge in [0.2, 0.25) is 0 Å². The molecule has 0 amide bonds. The van der Waals surface area contributed by atoms with E-state index in [9.17, 15) is 35.1 Å². The predicted molar refractivity (Wildman–Crippen MR) is 108 cm³/mol. The highest BCUT2D eigenvalue weighted by atomic mass is 16.4. The number of phenolic OH excluding ortho intramolecular Hbond substituents is 3. The van der Waals surface area contributed by atoms with Crippen LogP contribution in [0.1, 0.15) is 23.2 Å². The van der Waals surface area contributed by atoms with Crippen LogP contribution in [-0.4, -0.2) is 37.5 Å². The van der Waals surface area contributed by atoms with Crippen LogP contribution >= 0.6 is 0 Å². The zero-order valence-corrected chi connectivity index (χ0v) is 15.6. The average Bonchev–Trinajstić information content (AvgIpc) is 2.70. The number of rotatable bonds is 7. The number of carboxylic acids is 2. The molecule has 0 radical (unpaired) electrons. The van der Waals surface area contributed by atoms with Crippen LogP contribution in [0, 0.1) is 0 Å². The van der Waals surface area contributed by atoms with Gasteiger partial charge >= 0.3 is 11.9 Å². The number of carboxylic acid groups (broad SMARTS) is 2. The number of carbonyl (C=O) groups is 2. The van der Waals surface area contributed by atoms with Crippen molar-refractivity contribution in [3.05, 3.63) is 83.9 Å². The third kappa shape index (κ3) is 3.83. The second-order valence-electron chi connectivity index (χ2n) is 6.50. The Morgan fingerprint density at radius 3 is 1.33 bits per heavy atom. The van der Waals surface area contributed by atoms with E-state index in [1.165, 1.54) is 72.8 Å². The maximum Gasteiger partial charge on any atom is 0.331 e. The molecule has 0 saturated heterocycles. The summed E-state index contributed by atoms with van der Waals surface area (Å²) in [5.41, 5.74) is -0.242. The molecule has 0 saturated carbocycles. The van der Waals surface area contributed by atoms with E-state index >= 15 is 0 Å². The van der Waals surface area contributed by atoms with Gasteiger partial charge in [-0.1, -0.05) is 48.5 Å². The van der Waals surface area contributed by atoms with Crippen molar-refractivity contribution in [2.45, 2.75) is 12.1 Å². The monoisotopic (exact) mass is 409 g/mol. The zero-order chi connectivity index (χ0) is 21.8. The Morgan fingerprint density at radius 1 is 0.600 bits per heavy atom. The number of nitrogens with zero attached hydrogens (tertiary/aromatic N) is 1. The first-order chi connectivity index (χ1) is 14.3. The van der Waals surface area contributed by atoms with E-state index in [1.807, 2.05) is 0 Å². The van der Waals surface area contributed by atoms with Crippen LogP contribution in [0.15, 0.2) is 72.8 Å². The van der Waals surface area contributed by atoms with Gasteiger partial charge in [-0.2, -0.15) is 0 Å². The summed E-state index contributed by atoms with van der Waals surface area (Å²) in [5, 5.41) is 51.1. The number of benzene rings is 3. The lowest BCUT2D eigenvalue weighted by Gasteiger charge is -2.36. The van der Waals surface area contributed by atoms with Gasteiger partial charge in [-0.15, -0.1) is 0 Å². The number of anilines is 1. The lowest BCUT2D eigenvalue weighted by molar-refractivity contribution is -0.141. The van der Waals surface area contributed by atoms with Crippen molar-refractivity contribution in [1.82, 2.24) is 0 Å². The van der Waals surface area contributed by atoms with Gasteiger partial charge < -0.3 is 30.4 Å². The van der Waals surface area contributed by atoms with E-state index in [1.54, 1.807) is 0 Å². The maximum atomic E-state index is 12.3. The molecule has 0 aromatic heterocycles. The quantitative estimate of drug-likeness (QED) is 0.401. The number of phenols is 3. The highest BCUT2D eigenvalue weighted by Gasteiger charge is 2.41. The fraction of sp³-hybridized carbons (Fsp3) is 0.0909. The minimum Gasteiger partial charge on any atom is -0.508 e. The summed E-state index contributed by atoms with van der Waals surface area (Å²) in [4.78, 5) is 25.6. The van der Waals surface area contributed by atoms with Crippen LogP contribution in [0.5, 0.6) is 17.2 Å². The number of aliphatic carboxylic acids is 2. The molecule has 0 bridgehead atoms. The fourth-order valence-corrected chi connectivity index (χ4v) is 3.35. The molecule has 3 rings (SSSR count). The minimum atomic E-state index is -1.69. The lowest BCUT2D eigenvalue weighted by Crippen LogP contribution is -2.41. The predicted octanol–water partition coefficient (Wildman–Crippen LogP) is 3.26. The maximum absolute atomic E-state index is 12.3. The summed E-state index contributed by atoms with van der Waals surface area (Å²) in [6.45, 7) is 0. The van der Waals surface area contributed by atoms with Gasteiger partial charge in [0.15, 0.2) is 12.1 Å². The number of hydrogen-bond donors (Lipinski definition) is 5. The molecular formula is C22H19NO7. The Balaban J connectivity index is 2.33. The Hall–Kier alpha value is -4.20. The Morgan fingerprint density at radius 2 is 0.967 bits per heavy atom. The second-order valence-corrected chi connectivity index (χ2v) is 6.50. The summed E-state index contributed by atoms with van der Waals surface area (Å²) >= 11 is 0. The first-order valence-electron chi connectivity index (χ1n) is 8.90. The van der Waals surface area contributed by atoms with Crippen molar-refractivity contribution in [2.75, 3.05) is 4.90 Å². The molecule has 0 fully saturated rings. The van der Waals surface area contributed by atoms with E-state index in [0.29, 0.717) is 0 Å². The van der Waals surface area contributed by atoms with Crippen LogP contribution in [0.4, 0.5) is 5.69 Å². The van der Waals surface area contributed by atoms with E-state index in [-0.39, 0.29) is 34.1 Å². The van der Waals surface area contributed by atoms with Crippen molar-refractivity contribution in [3.8, 4) is 17.2 Å². The largest absolute Gasteiger partial charge is 0.508 e. The molecule has 2 unspecified atom stereocenters. The fourth-order valence-electron chi connectivity index (χ4n) is 3.35. The van der Waals surface area contributed by atoms with Gasteiger partial charge in [0.05, 0.1) is 5.69 Å². The standard InChI is InChI=1S/C22H19NO7/c24-16-10-4-1-7-13(16)19(21(27)28)23(15-9-3-6-12-18(15)26)20(22(29)30)14-8-2-5-11-17(14)25/h1-12,19-20,24-26H,(H,27,28)(H,29,30). The molecule has 5 N–H and O–H groups in total. The Labute approximate surface area is 171 Å². The highest BCUT2D eigenvalue weighted by molar-refractivity contribution is 5.88. The van der Waals surface area contributed by atoms with Crippen molar-refractivity contribution < 1.29 is 35.1 Å². The van der Waals surface area contributed by atoms with E-state index in [2.05, 4.69) is 0 Å². The number of aromatic hydroxyl groups is 3. The van der Waals surface area contributed by atoms with Crippen molar-refractivity contribution >= 4 is 17.6 Å². The van der Waals surface area contributed by atoms with Crippen LogP contribution in [0.25, 0.3) is 0 Å². The molecule has 8 nitrogen and oxygen atoms in total. The normalized spacial score (nSPS) is 12.7. The minimum absolute atomic E-state index is 0.0741.